The minimum atomic E-state index is -3.72. The van der Waals surface area contributed by atoms with E-state index in [4.69, 9.17) is 4.99 Å². The Balaban J connectivity index is 1.39. The average molecular weight is 566 g/mol. The number of hydrogen-bond donors (Lipinski definition) is 2. The number of sulfonamides is 2. The molecule has 2 N–H and O–H groups in total. The van der Waals surface area contributed by atoms with Gasteiger partial charge in [-0.25, -0.2) is 21.6 Å². The Labute approximate surface area is 226 Å². The molecule has 1 aromatic carbocycles. The molecule has 2 heterocycles. The molecule has 12 heteroatoms. The van der Waals surface area contributed by atoms with Gasteiger partial charge in [0.05, 0.1) is 4.90 Å². The first-order valence-corrected chi connectivity index (χ1v) is 16.2. The van der Waals surface area contributed by atoms with E-state index in [1.165, 1.54) is 28.9 Å². The van der Waals surface area contributed by atoms with Crippen LogP contribution in [0.25, 0.3) is 6.08 Å². The zero-order chi connectivity index (χ0) is 27.6. The van der Waals surface area contributed by atoms with Gasteiger partial charge in [-0.15, -0.1) is 0 Å². The van der Waals surface area contributed by atoms with Crippen molar-refractivity contribution in [3.63, 3.8) is 0 Å². The summed E-state index contributed by atoms with van der Waals surface area (Å²) in [5, 5.41) is 4.16. The van der Waals surface area contributed by atoms with Gasteiger partial charge in [0, 0.05) is 37.5 Å². The molecule has 0 aromatic heterocycles. The number of likely N-dealkylation sites (N-methyl/N-ethyl adjacent to an activating group) is 1. The van der Waals surface area contributed by atoms with Gasteiger partial charge >= 0.3 is 0 Å². The first kappa shape index (κ1) is 28.9. The van der Waals surface area contributed by atoms with Crippen LogP contribution in [0.3, 0.4) is 0 Å². The average Bonchev–Trinajstić information content (AvgIpc) is 3.19. The number of aliphatic imine (C=N–C) groups is 1. The van der Waals surface area contributed by atoms with Gasteiger partial charge in [0.2, 0.25) is 20.0 Å². The van der Waals surface area contributed by atoms with Crippen molar-refractivity contribution in [2.45, 2.75) is 62.3 Å². The summed E-state index contributed by atoms with van der Waals surface area (Å²) in [5.41, 5.74) is 0.406. The lowest BCUT2D eigenvalue weighted by molar-refractivity contribution is -0.125. The maximum Gasteiger partial charge on any atom is 0.253 e. The number of carbonyl (C=O) groups is 1. The number of rotatable bonds is 9. The summed E-state index contributed by atoms with van der Waals surface area (Å²) in [6.45, 7) is 3.05. The van der Waals surface area contributed by atoms with Gasteiger partial charge < -0.3 is 10.2 Å². The smallest absolute Gasteiger partial charge is 0.253 e. The molecule has 38 heavy (non-hydrogen) atoms. The lowest BCUT2D eigenvalue weighted by Gasteiger charge is -2.34. The van der Waals surface area contributed by atoms with Gasteiger partial charge in [0.1, 0.15) is 11.4 Å². The maximum absolute atomic E-state index is 13.1. The summed E-state index contributed by atoms with van der Waals surface area (Å²) >= 11 is 0. The summed E-state index contributed by atoms with van der Waals surface area (Å²) in [6.07, 6.45) is 7.81. The molecule has 4 rings (SSSR count). The highest BCUT2D eigenvalue weighted by molar-refractivity contribution is 7.92. The second kappa shape index (κ2) is 11.5. The van der Waals surface area contributed by atoms with Crippen molar-refractivity contribution in [1.29, 1.82) is 0 Å². The van der Waals surface area contributed by atoms with E-state index in [1.54, 1.807) is 13.0 Å². The van der Waals surface area contributed by atoms with Crippen molar-refractivity contribution in [3.8, 4) is 0 Å². The highest BCUT2D eigenvalue weighted by Crippen LogP contribution is 2.35. The van der Waals surface area contributed by atoms with E-state index < -0.39 is 25.6 Å². The molecule has 2 aliphatic heterocycles. The van der Waals surface area contributed by atoms with Crippen molar-refractivity contribution in [2.75, 3.05) is 40.3 Å². The highest BCUT2D eigenvalue weighted by atomic mass is 32.2. The fourth-order valence-corrected chi connectivity index (χ4v) is 7.58. The van der Waals surface area contributed by atoms with Crippen LogP contribution in [0, 0.1) is 12.8 Å². The van der Waals surface area contributed by atoms with E-state index in [9.17, 15) is 21.6 Å². The van der Waals surface area contributed by atoms with Crippen molar-refractivity contribution in [2.24, 2.45) is 10.9 Å². The molecule has 1 saturated heterocycles. The SMILES string of the molecule is Cc1cc(S(=O)(=O)NCCN(C)C)ccc1/C=C/S(=O)(=O)N1CCC2(CC1)N=C(C1CCCCC1)NC2=O. The van der Waals surface area contributed by atoms with Gasteiger partial charge in [-0.05, 0) is 76.0 Å². The molecular formula is C26H39N5O5S2. The monoisotopic (exact) mass is 565 g/mol. The second-order valence-corrected chi connectivity index (χ2v) is 14.4. The quantitative estimate of drug-likeness (QED) is 0.472. The molecule has 2 fully saturated rings. The van der Waals surface area contributed by atoms with E-state index in [2.05, 4.69) is 10.0 Å². The summed E-state index contributed by atoms with van der Waals surface area (Å²) in [4.78, 5) is 19.7. The zero-order valence-electron chi connectivity index (χ0n) is 22.4. The first-order chi connectivity index (χ1) is 17.9. The van der Waals surface area contributed by atoms with Crippen LogP contribution in [0.15, 0.2) is 33.5 Å². The number of aryl methyl sites for hydroxylation is 1. The second-order valence-electron chi connectivity index (χ2n) is 10.8. The van der Waals surface area contributed by atoms with Gasteiger partial charge in [-0.1, -0.05) is 25.3 Å². The number of carbonyl (C=O) groups excluding carboxylic acids is 1. The van der Waals surface area contributed by atoms with Gasteiger partial charge in [-0.3, -0.25) is 9.79 Å². The minimum Gasteiger partial charge on any atom is -0.312 e. The predicted molar refractivity (Wildman–Crippen MR) is 149 cm³/mol. The molecule has 3 aliphatic rings. The molecule has 210 valence electrons. The molecule has 10 nitrogen and oxygen atoms in total. The lowest BCUT2D eigenvalue weighted by atomic mass is 9.88. The van der Waals surface area contributed by atoms with Crippen LogP contribution in [0.5, 0.6) is 0 Å². The normalized spacial score (nSPS) is 21.4. The molecule has 1 aromatic rings. The molecule has 1 saturated carbocycles. The van der Waals surface area contributed by atoms with E-state index in [-0.39, 0.29) is 23.9 Å². The summed E-state index contributed by atoms with van der Waals surface area (Å²) in [5.74, 6) is 0.988. The van der Waals surface area contributed by atoms with Crippen molar-refractivity contribution in [1.82, 2.24) is 19.2 Å². The van der Waals surface area contributed by atoms with E-state index >= 15 is 0 Å². The molecule has 1 spiro atoms. The lowest BCUT2D eigenvalue weighted by Crippen LogP contribution is -2.50. The number of hydrogen-bond acceptors (Lipinski definition) is 7. The van der Waals surface area contributed by atoms with Crippen LogP contribution < -0.4 is 10.0 Å². The topological polar surface area (TPSA) is 128 Å². The first-order valence-electron chi connectivity index (χ1n) is 13.3. The van der Waals surface area contributed by atoms with Crippen LogP contribution in [-0.4, -0.2) is 83.6 Å². The number of amidine groups is 1. The van der Waals surface area contributed by atoms with Crippen molar-refractivity contribution in [3.05, 3.63) is 34.7 Å². The van der Waals surface area contributed by atoms with Gasteiger partial charge in [0.25, 0.3) is 5.91 Å². The molecule has 0 atom stereocenters. The Morgan fingerprint density at radius 3 is 2.45 bits per heavy atom. The standard InChI is InChI=1S/C26H39N5O5S2/c1-20-19-23(38(35,36)27-14-17-30(2)3)10-9-21(20)11-18-37(33,34)31-15-12-26(13-16-31)25(32)28-24(29-26)22-7-5-4-6-8-22/h9-11,18-19,22,27H,4-8,12-17H2,1-3H3,(H,28,29,32)/b18-11+. The maximum atomic E-state index is 13.1. The van der Waals surface area contributed by atoms with E-state index in [1.807, 2.05) is 19.0 Å². The molecule has 1 amide bonds. The molecule has 1 aliphatic carbocycles. The highest BCUT2D eigenvalue weighted by Gasteiger charge is 2.48. The van der Waals surface area contributed by atoms with E-state index in [0.29, 0.717) is 43.0 Å². The third kappa shape index (κ3) is 6.53. The fourth-order valence-electron chi connectivity index (χ4n) is 5.30. The van der Waals surface area contributed by atoms with Crippen LogP contribution in [0.2, 0.25) is 0 Å². The van der Waals surface area contributed by atoms with Gasteiger partial charge in [0.15, 0.2) is 0 Å². The Morgan fingerprint density at radius 1 is 1.13 bits per heavy atom. The predicted octanol–water partition coefficient (Wildman–Crippen LogP) is 2.08. The molecule has 0 bridgehead atoms. The molecule has 0 unspecified atom stereocenters. The Bertz CT molecular complexity index is 1310. The van der Waals surface area contributed by atoms with Crippen molar-refractivity contribution < 1.29 is 21.6 Å². The number of piperidine rings is 1. The largest absolute Gasteiger partial charge is 0.312 e. The van der Waals surface area contributed by atoms with Crippen LogP contribution in [0.4, 0.5) is 0 Å². The number of nitrogens with zero attached hydrogens (tertiary/aromatic N) is 3. The zero-order valence-corrected chi connectivity index (χ0v) is 24.1. The fraction of sp³-hybridized carbons (Fsp3) is 0.615. The van der Waals surface area contributed by atoms with E-state index in [0.717, 1.165) is 36.9 Å². The van der Waals surface area contributed by atoms with Crippen LogP contribution in [0.1, 0.15) is 56.1 Å². The number of amides is 1. The number of benzene rings is 1. The number of nitrogens with one attached hydrogen (secondary N) is 2. The minimum absolute atomic E-state index is 0.104. The molecular weight excluding hydrogens is 526 g/mol. The molecule has 0 radical (unpaired) electrons. The summed E-state index contributed by atoms with van der Waals surface area (Å²) in [7, 11) is -3.64. The summed E-state index contributed by atoms with van der Waals surface area (Å²) < 4.78 is 55.2. The third-order valence-corrected chi connectivity index (χ3v) is 10.7. The third-order valence-electron chi connectivity index (χ3n) is 7.72. The Hall–Kier alpha value is -2.12. The Kier molecular flexibility index (Phi) is 8.78. The van der Waals surface area contributed by atoms with Crippen LogP contribution in [-0.2, 0) is 24.8 Å². The van der Waals surface area contributed by atoms with Gasteiger partial charge in [-0.2, -0.15) is 4.31 Å². The Morgan fingerprint density at radius 2 is 1.82 bits per heavy atom. The summed E-state index contributed by atoms with van der Waals surface area (Å²) in [6, 6.07) is 4.62. The van der Waals surface area contributed by atoms with Crippen molar-refractivity contribution >= 4 is 37.9 Å². The van der Waals surface area contributed by atoms with Crippen LogP contribution >= 0.6 is 0 Å².